The van der Waals surface area contributed by atoms with Crippen molar-refractivity contribution in [2.75, 3.05) is 5.73 Å². The number of hydrogen-bond donors (Lipinski definition) is 2. The van der Waals surface area contributed by atoms with Crippen LogP contribution in [0, 0.1) is 0 Å². The Kier molecular flexibility index (Phi) is 5.68. The van der Waals surface area contributed by atoms with Crippen LogP contribution >= 0.6 is 24.3 Å². The number of nitrogen functional groups attached to an aromatic ring is 1. The molecule has 0 unspecified atom stereocenters. The molecule has 0 spiro atoms. The van der Waals surface area contributed by atoms with Crippen molar-refractivity contribution in [3.05, 3.63) is 53.1 Å². The van der Waals surface area contributed by atoms with E-state index in [1.165, 1.54) is 18.2 Å². The summed E-state index contributed by atoms with van der Waals surface area (Å²) in [7, 11) is 0. The van der Waals surface area contributed by atoms with Crippen LogP contribution in [-0.4, -0.2) is 11.1 Å². The number of halogens is 2. The maximum Gasteiger partial charge on any atom is 0.335 e. The van der Waals surface area contributed by atoms with Gasteiger partial charge in [0.15, 0.2) is 0 Å². The largest absolute Gasteiger partial charge is 0.478 e. The van der Waals surface area contributed by atoms with E-state index in [2.05, 4.69) is 0 Å². The summed E-state index contributed by atoms with van der Waals surface area (Å²) >= 11 is 0.131. The van der Waals surface area contributed by atoms with Crippen LogP contribution in [0.1, 0.15) is 21.5 Å². The lowest BCUT2D eigenvalue weighted by atomic mass is 10.0. The Morgan fingerprint density at radius 1 is 1.05 bits per heavy atom. The Balaban J connectivity index is 2.19. The Morgan fingerprint density at radius 2 is 1.77 bits per heavy atom. The Bertz CT molecular complexity index is 695. The van der Waals surface area contributed by atoms with Gasteiger partial charge in [0.2, 0.25) is 0 Å². The van der Waals surface area contributed by atoms with Crippen molar-refractivity contribution in [2.45, 2.75) is 22.6 Å². The highest BCUT2D eigenvalue weighted by molar-refractivity contribution is 7.95. The molecule has 0 amide bonds. The van der Waals surface area contributed by atoms with E-state index in [1.54, 1.807) is 18.2 Å². The lowest BCUT2D eigenvalue weighted by molar-refractivity contribution is 0.0697. The van der Waals surface area contributed by atoms with E-state index in [1.807, 2.05) is 0 Å². The predicted molar refractivity (Wildman–Crippen MR) is 85.6 cm³/mol. The maximum absolute atomic E-state index is 13.0. The minimum atomic E-state index is -1.02. The number of nitrogens with two attached hydrogens (primary N) is 1. The highest BCUT2D eigenvalue weighted by Gasteiger charge is 2.10. The highest BCUT2D eigenvalue weighted by Crippen LogP contribution is 2.30. The minimum Gasteiger partial charge on any atom is -0.478 e. The van der Waals surface area contributed by atoms with E-state index >= 15 is 0 Å². The summed E-state index contributed by atoms with van der Waals surface area (Å²) in [6.07, 6.45) is 0.958. The third-order valence-corrected chi connectivity index (χ3v) is 4.24. The molecule has 2 aromatic carbocycles. The van der Waals surface area contributed by atoms with Gasteiger partial charge in [0.1, 0.15) is 0 Å². The topological polar surface area (TPSA) is 63.3 Å². The fraction of sp³-hybridized carbons (Fsp3) is 0.133. The van der Waals surface area contributed by atoms with Gasteiger partial charge in [-0.1, -0.05) is 6.07 Å². The van der Waals surface area contributed by atoms with Gasteiger partial charge >= 0.3 is 5.97 Å². The lowest BCUT2D eigenvalue weighted by Gasteiger charge is -2.09. The molecule has 0 atom stereocenters. The van der Waals surface area contributed by atoms with Gasteiger partial charge in [0.05, 0.1) is 29.9 Å². The summed E-state index contributed by atoms with van der Waals surface area (Å²) in [5.74, 6) is -1.02. The summed E-state index contributed by atoms with van der Waals surface area (Å²) in [5, 5.41) is 8.99. The number of rotatable bonds is 6. The molecule has 0 bridgehead atoms. The normalized spacial score (nSPS) is 10.6. The van der Waals surface area contributed by atoms with Crippen LogP contribution in [0.2, 0.25) is 0 Å². The van der Waals surface area contributed by atoms with E-state index in [0.717, 1.165) is 5.56 Å². The zero-order valence-corrected chi connectivity index (χ0v) is 13.0. The van der Waals surface area contributed by atoms with Gasteiger partial charge in [-0.15, -0.1) is 0 Å². The average molecular weight is 341 g/mol. The van der Waals surface area contributed by atoms with Gasteiger partial charge in [-0.3, -0.25) is 0 Å². The third-order valence-electron chi connectivity index (χ3n) is 3.26. The summed E-state index contributed by atoms with van der Waals surface area (Å²) in [6.45, 7) is 0. The second-order valence-electron chi connectivity index (χ2n) is 4.64. The Hall–Kier alpha value is -1.73. The molecule has 0 saturated carbocycles. The van der Waals surface area contributed by atoms with Crippen LogP contribution in [0.3, 0.4) is 0 Å². The molecule has 0 aliphatic heterocycles. The molecule has 0 aliphatic carbocycles. The smallest absolute Gasteiger partial charge is 0.335 e. The van der Waals surface area contributed by atoms with Crippen molar-refractivity contribution in [2.24, 2.45) is 0 Å². The number of aromatic carboxylic acids is 1. The quantitative estimate of drug-likeness (QED) is 0.745. The number of carbonyl (C=O) groups is 1. The van der Waals surface area contributed by atoms with Crippen LogP contribution in [0.5, 0.6) is 0 Å². The first-order chi connectivity index (χ1) is 10.5. The molecule has 0 saturated heterocycles. The van der Waals surface area contributed by atoms with Crippen LogP contribution < -0.4 is 5.73 Å². The van der Waals surface area contributed by atoms with Gasteiger partial charge in [0, 0.05) is 15.5 Å². The second kappa shape index (κ2) is 7.51. The zero-order chi connectivity index (χ0) is 16.1. The Morgan fingerprint density at radius 3 is 2.41 bits per heavy atom. The second-order valence-corrected chi connectivity index (χ2v) is 5.86. The highest BCUT2D eigenvalue weighted by atomic mass is 32.2. The number of hydrogen-bond acceptors (Lipinski definition) is 4. The van der Waals surface area contributed by atoms with E-state index in [4.69, 9.17) is 10.8 Å². The van der Waals surface area contributed by atoms with Crippen LogP contribution in [0.15, 0.2) is 46.2 Å². The SMILES string of the molecule is Nc1ccc(C(=O)O)cc1CCc1ccc(SF)cc1SF. The molecular weight excluding hydrogens is 328 g/mol. The monoisotopic (exact) mass is 341 g/mol. The third kappa shape index (κ3) is 3.92. The van der Waals surface area contributed by atoms with Crippen molar-refractivity contribution < 1.29 is 17.7 Å². The molecule has 0 radical (unpaired) electrons. The number of carboxylic acid groups (broad SMARTS) is 1. The fourth-order valence-electron chi connectivity index (χ4n) is 2.09. The molecule has 7 heteroatoms. The first-order valence-electron chi connectivity index (χ1n) is 6.37. The molecule has 0 fully saturated rings. The van der Waals surface area contributed by atoms with Crippen molar-refractivity contribution in [3.8, 4) is 0 Å². The van der Waals surface area contributed by atoms with Gasteiger partial charge in [-0.25, -0.2) is 4.79 Å². The van der Waals surface area contributed by atoms with Gasteiger partial charge in [-0.2, -0.15) is 7.77 Å². The number of benzene rings is 2. The Labute approximate surface area is 135 Å². The predicted octanol–water partition coefficient (Wildman–Crippen LogP) is 4.71. The standard InChI is InChI=1S/C15H13F2NO2S2/c16-21-12-5-3-9(14(8-12)22-17)1-2-10-7-11(15(19)20)4-6-13(10)18/h3-8H,1-2,18H2,(H,19,20). The molecule has 2 aromatic rings. The molecule has 3 N–H and O–H groups in total. The van der Waals surface area contributed by atoms with Gasteiger partial charge in [-0.05, 0) is 54.3 Å². The van der Waals surface area contributed by atoms with E-state index in [0.29, 0.717) is 33.9 Å². The van der Waals surface area contributed by atoms with Gasteiger partial charge < -0.3 is 10.8 Å². The number of carboxylic acids is 1. The molecule has 0 heterocycles. The van der Waals surface area contributed by atoms with Crippen molar-refractivity contribution >= 4 is 36.0 Å². The van der Waals surface area contributed by atoms with E-state index in [9.17, 15) is 12.6 Å². The molecule has 22 heavy (non-hydrogen) atoms. The van der Waals surface area contributed by atoms with E-state index < -0.39 is 5.97 Å². The van der Waals surface area contributed by atoms with Crippen LogP contribution in [-0.2, 0) is 12.8 Å². The summed E-state index contributed by atoms with van der Waals surface area (Å²) in [4.78, 5) is 11.7. The molecule has 116 valence electrons. The fourth-order valence-corrected chi connectivity index (χ4v) is 2.88. The maximum atomic E-state index is 13.0. The lowest BCUT2D eigenvalue weighted by Crippen LogP contribution is -2.02. The molecular formula is C15H13F2NO2S2. The molecule has 2 rings (SSSR count). The average Bonchev–Trinajstić information content (AvgIpc) is 2.53. The zero-order valence-electron chi connectivity index (χ0n) is 11.4. The minimum absolute atomic E-state index is 0.0639. The molecule has 0 aromatic heterocycles. The number of anilines is 1. The molecule has 3 nitrogen and oxygen atoms in total. The van der Waals surface area contributed by atoms with Crippen LogP contribution in [0.4, 0.5) is 13.5 Å². The summed E-state index contributed by atoms with van der Waals surface area (Å²) < 4.78 is 25.5. The van der Waals surface area contributed by atoms with Crippen molar-refractivity contribution in [3.63, 3.8) is 0 Å². The van der Waals surface area contributed by atoms with Gasteiger partial charge in [0.25, 0.3) is 0 Å². The number of aryl methyl sites for hydroxylation is 2. The van der Waals surface area contributed by atoms with Crippen molar-refractivity contribution in [1.82, 2.24) is 0 Å². The molecule has 0 aliphatic rings. The first kappa shape index (κ1) is 16.6. The summed E-state index contributed by atoms with van der Waals surface area (Å²) in [6, 6.07) is 9.20. The first-order valence-corrected chi connectivity index (χ1v) is 7.80. The van der Waals surface area contributed by atoms with Crippen LogP contribution in [0.25, 0.3) is 0 Å². The summed E-state index contributed by atoms with van der Waals surface area (Å²) in [5.41, 5.74) is 7.92. The van der Waals surface area contributed by atoms with E-state index in [-0.39, 0.29) is 29.9 Å². The van der Waals surface area contributed by atoms with Crippen molar-refractivity contribution in [1.29, 1.82) is 0 Å².